The third-order valence-corrected chi connectivity index (χ3v) is 5.11. The van der Waals surface area contributed by atoms with Gasteiger partial charge >= 0.3 is 0 Å². The topological polar surface area (TPSA) is 57.9 Å². The van der Waals surface area contributed by atoms with Crippen molar-refractivity contribution in [2.75, 3.05) is 12.8 Å². The highest BCUT2D eigenvalue weighted by atomic mass is 127. The molecule has 7 heteroatoms. The molecular weight excluding hydrogens is 464 g/mol. The smallest absolute Gasteiger partial charge is 0.253 e. The molecule has 2 aromatic carbocycles. The van der Waals surface area contributed by atoms with Crippen LogP contribution in [-0.4, -0.2) is 28.3 Å². The van der Waals surface area contributed by atoms with Gasteiger partial charge in [-0.3, -0.25) is 10.2 Å². The summed E-state index contributed by atoms with van der Waals surface area (Å²) in [5.74, 6) is -0.399. The van der Waals surface area contributed by atoms with Gasteiger partial charge in [-0.25, -0.2) is 4.39 Å². The van der Waals surface area contributed by atoms with Crippen molar-refractivity contribution in [2.45, 2.75) is 6.54 Å². The molecule has 0 spiro atoms. The number of nitrogens with zero attached hydrogens (tertiary/aromatic N) is 1. The fraction of sp³-hybridized carbons (Fsp3) is 0.158. The molecular formula is C19H17FIN3OS. The zero-order chi connectivity index (χ0) is 17.6. The number of carbonyl (C=O) groups is 1. The van der Waals surface area contributed by atoms with Crippen molar-refractivity contribution in [1.29, 1.82) is 5.41 Å². The molecule has 2 N–H and O–H groups in total. The lowest BCUT2D eigenvalue weighted by molar-refractivity contribution is 0.0956. The Balaban J connectivity index is 0.00000196. The quantitative estimate of drug-likeness (QED) is 0.322. The first-order chi connectivity index (χ1) is 12.1. The molecule has 3 aromatic rings. The van der Waals surface area contributed by atoms with Gasteiger partial charge in [-0.1, -0.05) is 12.1 Å². The van der Waals surface area contributed by atoms with Gasteiger partial charge in [-0.2, -0.15) is 0 Å². The van der Waals surface area contributed by atoms with Crippen molar-refractivity contribution in [3.63, 3.8) is 0 Å². The predicted octanol–water partition coefficient (Wildman–Crippen LogP) is 4.50. The van der Waals surface area contributed by atoms with Crippen LogP contribution in [0.25, 0.3) is 22.2 Å². The monoisotopic (exact) mass is 481 g/mol. The van der Waals surface area contributed by atoms with Crippen LogP contribution in [0.4, 0.5) is 4.39 Å². The molecule has 1 aliphatic heterocycles. The first kappa shape index (κ1) is 18.9. The first-order valence-corrected chi connectivity index (χ1v) is 9.16. The summed E-state index contributed by atoms with van der Waals surface area (Å²) in [6.07, 6.45) is 1.86. The van der Waals surface area contributed by atoms with Gasteiger partial charge in [-0.15, -0.1) is 35.7 Å². The number of aromatic nitrogens is 1. The first-order valence-electron chi connectivity index (χ1n) is 7.94. The van der Waals surface area contributed by atoms with Gasteiger partial charge < -0.3 is 9.88 Å². The van der Waals surface area contributed by atoms with E-state index in [0.29, 0.717) is 23.7 Å². The Hall–Kier alpha value is -1.87. The van der Waals surface area contributed by atoms with E-state index in [4.69, 9.17) is 5.41 Å². The second-order valence-corrected chi connectivity index (χ2v) is 6.69. The number of benzene rings is 2. The van der Waals surface area contributed by atoms with Gasteiger partial charge in [0.2, 0.25) is 0 Å². The van der Waals surface area contributed by atoms with E-state index in [2.05, 4.69) is 9.88 Å². The molecule has 0 aliphatic carbocycles. The van der Waals surface area contributed by atoms with Crippen molar-refractivity contribution < 1.29 is 9.18 Å². The standard InChI is InChI=1S/C19H16FN3OS.HI/c1-25-18(21)15-13-3-2-4-14-17(13)23(10-9-22-19(14)24)16(15)11-5-7-12(20)8-6-11;/h2-8,21H,9-10H2,1H3,(H,22,24);1H. The van der Waals surface area contributed by atoms with Crippen LogP contribution >= 0.6 is 35.7 Å². The third kappa shape index (κ3) is 2.92. The SMILES string of the molecule is CSC(=N)c1c(-c2ccc(F)cc2)n2c3c(cccc13)C(=O)NCC2.I. The highest BCUT2D eigenvalue weighted by Crippen LogP contribution is 2.38. The average molecular weight is 481 g/mol. The Kier molecular flexibility index (Phi) is 5.38. The zero-order valence-corrected chi connectivity index (χ0v) is 17.2. The van der Waals surface area contributed by atoms with Crippen LogP contribution in [0, 0.1) is 11.2 Å². The maximum atomic E-state index is 13.4. The van der Waals surface area contributed by atoms with Crippen LogP contribution in [-0.2, 0) is 6.54 Å². The van der Waals surface area contributed by atoms with Crippen LogP contribution < -0.4 is 5.32 Å². The van der Waals surface area contributed by atoms with Gasteiger partial charge in [0, 0.05) is 24.0 Å². The Bertz CT molecular complexity index is 1010. The maximum absolute atomic E-state index is 13.4. The van der Waals surface area contributed by atoms with Gasteiger partial charge in [0.25, 0.3) is 5.91 Å². The largest absolute Gasteiger partial charge is 0.350 e. The molecule has 1 aromatic heterocycles. The molecule has 2 heterocycles. The summed E-state index contributed by atoms with van der Waals surface area (Å²) >= 11 is 1.36. The molecule has 26 heavy (non-hydrogen) atoms. The lowest BCUT2D eigenvalue weighted by atomic mass is 10.0. The zero-order valence-electron chi connectivity index (χ0n) is 14.0. The van der Waals surface area contributed by atoms with Gasteiger partial charge in [0.1, 0.15) is 5.82 Å². The normalized spacial score (nSPS) is 13.1. The number of thioether (sulfide) groups is 1. The van der Waals surface area contributed by atoms with E-state index in [1.807, 2.05) is 18.4 Å². The fourth-order valence-corrected chi connectivity index (χ4v) is 3.84. The number of carbonyl (C=O) groups excluding carboxylic acids is 1. The van der Waals surface area contributed by atoms with E-state index < -0.39 is 0 Å². The molecule has 0 fully saturated rings. The Labute approximate surface area is 171 Å². The van der Waals surface area contributed by atoms with E-state index in [1.165, 1.54) is 23.9 Å². The Morgan fingerprint density at radius 3 is 2.65 bits per heavy atom. The number of rotatable bonds is 2. The number of hydrogen-bond donors (Lipinski definition) is 2. The highest BCUT2D eigenvalue weighted by molar-refractivity contribution is 14.0. The molecule has 0 saturated carbocycles. The van der Waals surface area contributed by atoms with Crippen molar-refractivity contribution >= 4 is 57.6 Å². The number of nitrogens with one attached hydrogen (secondary N) is 2. The van der Waals surface area contributed by atoms with Crippen LogP contribution in [0.1, 0.15) is 15.9 Å². The summed E-state index contributed by atoms with van der Waals surface area (Å²) in [4.78, 5) is 12.4. The highest BCUT2D eigenvalue weighted by Gasteiger charge is 2.26. The lowest BCUT2D eigenvalue weighted by Gasteiger charge is -2.11. The molecule has 4 nitrogen and oxygen atoms in total. The summed E-state index contributed by atoms with van der Waals surface area (Å²) in [6.45, 7) is 1.12. The van der Waals surface area contributed by atoms with Crippen molar-refractivity contribution in [1.82, 2.24) is 9.88 Å². The molecule has 0 saturated heterocycles. The van der Waals surface area contributed by atoms with E-state index >= 15 is 0 Å². The van der Waals surface area contributed by atoms with E-state index in [-0.39, 0.29) is 35.7 Å². The summed E-state index contributed by atoms with van der Waals surface area (Å²) in [5.41, 5.74) is 3.94. The van der Waals surface area contributed by atoms with Gasteiger partial charge in [0.15, 0.2) is 0 Å². The number of hydrogen-bond acceptors (Lipinski definition) is 3. The summed E-state index contributed by atoms with van der Waals surface area (Å²) < 4.78 is 15.5. The van der Waals surface area contributed by atoms with Crippen LogP contribution in [0.3, 0.4) is 0 Å². The molecule has 4 rings (SSSR count). The predicted molar refractivity (Wildman–Crippen MR) is 115 cm³/mol. The van der Waals surface area contributed by atoms with Gasteiger partial charge in [-0.05, 0) is 42.2 Å². The van der Waals surface area contributed by atoms with Crippen LogP contribution in [0.15, 0.2) is 42.5 Å². The van der Waals surface area contributed by atoms with E-state index in [9.17, 15) is 9.18 Å². The minimum atomic E-state index is -0.297. The molecule has 1 aliphatic rings. The minimum absolute atomic E-state index is 0. The Morgan fingerprint density at radius 1 is 1.23 bits per heavy atom. The fourth-order valence-electron chi connectivity index (χ4n) is 3.43. The number of para-hydroxylation sites is 1. The summed E-state index contributed by atoms with van der Waals surface area (Å²) in [6, 6.07) is 11.9. The van der Waals surface area contributed by atoms with Crippen molar-refractivity contribution in [3.05, 3.63) is 59.4 Å². The second-order valence-electron chi connectivity index (χ2n) is 5.87. The second kappa shape index (κ2) is 7.40. The molecule has 0 unspecified atom stereocenters. The summed E-state index contributed by atoms with van der Waals surface area (Å²) in [7, 11) is 0. The van der Waals surface area contributed by atoms with E-state index in [0.717, 1.165) is 27.7 Å². The average Bonchev–Trinajstić information content (AvgIpc) is 2.86. The van der Waals surface area contributed by atoms with Crippen molar-refractivity contribution in [3.8, 4) is 11.3 Å². The van der Waals surface area contributed by atoms with Crippen LogP contribution in [0.5, 0.6) is 0 Å². The van der Waals surface area contributed by atoms with Gasteiger partial charge in [0.05, 0.1) is 21.8 Å². The molecule has 134 valence electrons. The molecule has 0 bridgehead atoms. The summed E-state index contributed by atoms with van der Waals surface area (Å²) in [5, 5.41) is 12.7. The number of amides is 1. The van der Waals surface area contributed by atoms with E-state index in [1.54, 1.807) is 18.2 Å². The molecule has 0 radical (unpaired) electrons. The molecule has 1 amide bonds. The molecule has 0 atom stereocenters. The van der Waals surface area contributed by atoms with Crippen LogP contribution in [0.2, 0.25) is 0 Å². The maximum Gasteiger partial charge on any atom is 0.253 e. The van der Waals surface area contributed by atoms with Crippen molar-refractivity contribution in [2.24, 2.45) is 0 Å². The Morgan fingerprint density at radius 2 is 1.96 bits per heavy atom. The minimum Gasteiger partial charge on any atom is -0.350 e. The third-order valence-electron chi connectivity index (χ3n) is 4.50. The lowest BCUT2D eigenvalue weighted by Crippen LogP contribution is -2.24. The number of halogens is 2.